The maximum absolute atomic E-state index is 8.66. The first-order valence-corrected chi connectivity index (χ1v) is 6.65. The van der Waals surface area contributed by atoms with Crippen LogP contribution in [0.25, 0.3) is 0 Å². The number of amidine groups is 1. The molecule has 2 rings (SSSR count). The lowest BCUT2D eigenvalue weighted by atomic mass is 10.1. The minimum atomic E-state index is 0.148. The van der Waals surface area contributed by atoms with Crippen molar-refractivity contribution in [1.29, 1.82) is 0 Å². The normalized spacial score (nSPS) is 22.3. The van der Waals surface area contributed by atoms with Gasteiger partial charge in [0.25, 0.3) is 0 Å². The Morgan fingerprint density at radius 1 is 1.32 bits per heavy atom. The summed E-state index contributed by atoms with van der Waals surface area (Å²) < 4.78 is 0. The van der Waals surface area contributed by atoms with Gasteiger partial charge in [0, 0.05) is 30.4 Å². The first-order chi connectivity index (χ1) is 9.11. The summed E-state index contributed by atoms with van der Waals surface area (Å²) in [4.78, 5) is 4.79. The molecule has 1 fully saturated rings. The van der Waals surface area contributed by atoms with Gasteiger partial charge in [-0.05, 0) is 51.2 Å². The van der Waals surface area contributed by atoms with Crippen molar-refractivity contribution in [3.8, 4) is 0 Å². The molecule has 1 aromatic rings. The highest BCUT2D eigenvalue weighted by Gasteiger charge is 2.19. The van der Waals surface area contributed by atoms with Gasteiger partial charge in [-0.25, -0.2) is 0 Å². The number of rotatable bonds is 2. The highest BCUT2D eigenvalue weighted by molar-refractivity contribution is 5.97. The van der Waals surface area contributed by atoms with Crippen LogP contribution in [0.3, 0.4) is 0 Å². The molecule has 0 bridgehead atoms. The van der Waals surface area contributed by atoms with Gasteiger partial charge in [0.15, 0.2) is 5.84 Å². The van der Waals surface area contributed by atoms with Crippen LogP contribution in [0, 0.1) is 0 Å². The highest BCUT2D eigenvalue weighted by Crippen LogP contribution is 2.20. The SMILES string of the molecule is CC1CN(C)CCCN1c1ccc(/C(N)=N/O)cc1. The van der Waals surface area contributed by atoms with Crippen LogP contribution in [-0.4, -0.2) is 48.7 Å². The fraction of sp³-hybridized carbons (Fsp3) is 0.500. The molecule has 1 aliphatic rings. The van der Waals surface area contributed by atoms with Gasteiger partial charge in [0.1, 0.15) is 0 Å². The number of anilines is 1. The molecule has 3 N–H and O–H groups in total. The molecule has 0 amide bonds. The number of likely N-dealkylation sites (N-methyl/N-ethyl adjacent to an activating group) is 1. The second-order valence-electron chi connectivity index (χ2n) is 5.19. The van der Waals surface area contributed by atoms with Crippen molar-refractivity contribution < 1.29 is 5.21 Å². The van der Waals surface area contributed by atoms with Crippen LogP contribution in [0.2, 0.25) is 0 Å². The summed E-state index contributed by atoms with van der Waals surface area (Å²) in [5, 5.41) is 11.7. The second-order valence-corrected chi connectivity index (χ2v) is 5.19. The number of oxime groups is 1. The Kier molecular flexibility index (Phi) is 4.27. The molecule has 1 aliphatic heterocycles. The molecule has 1 heterocycles. The van der Waals surface area contributed by atoms with E-state index in [0.717, 1.165) is 25.2 Å². The molecule has 5 heteroatoms. The molecule has 0 spiro atoms. The van der Waals surface area contributed by atoms with Crippen LogP contribution < -0.4 is 10.6 Å². The van der Waals surface area contributed by atoms with Gasteiger partial charge in [-0.2, -0.15) is 0 Å². The maximum atomic E-state index is 8.66. The Balaban J connectivity index is 2.17. The molecule has 5 nitrogen and oxygen atoms in total. The minimum absolute atomic E-state index is 0.148. The number of benzene rings is 1. The van der Waals surface area contributed by atoms with E-state index in [1.54, 1.807) is 0 Å². The van der Waals surface area contributed by atoms with Crippen LogP contribution in [0.5, 0.6) is 0 Å². The summed E-state index contributed by atoms with van der Waals surface area (Å²) in [6.07, 6.45) is 1.17. The van der Waals surface area contributed by atoms with Gasteiger partial charge in [0.05, 0.1) is 0 Å². The lowest BCUT2D eigenvalue weighted by molar-refractivity contribution is 0.318. The largest absolute Gasteiger partial charge is 0.409 e. The maximum Gasteiger partial charge on any atom is 0.170 e. The number of hydrogen-bond acceptors (Lipinski definition) is 4. The first-order valence-electron chi connectivity index (χ1n) is 6.65. The van der Waals surface area contributed by atoms with Crippen molar-refractivity contribution in [2.45, 2.75) is 19.4 Å². The number of hydrogen-bond donors (Lipinski definition) is 2. The van der Waals surface area contributed by atoms with Gasteiger partial charge in [-0.3, -0.25) is 0 Å². The van der Waals surface area contributed by atoms with Crippen molar-refractivity contribution in [1.82, 2.24) is 4.90 Å². The quantitative estimate of drug-likeness (QED) is 0.365. The lowest BCUT2D eigenvalue weighted by Crippen LogP contribution is -2.37. The molecule has 1 unspecified atom stereocenters. The Hall–Kier alpha value is -1.75. The number of nitrogens with zero attached hydrogens (tertiary/aromatic N) is 3. The predicted octanol–water partition coefficient (Wildman–Crippen LogP) is 1.31. The molecule has 0 radical (unpaired) electrons. The van der Waals surface area contributed by atoms with Gasteiger partial charge < -0.3 is 20.7 Å². The average molecular weight is 262 g/mol. The Bertz CT molecular complexity index is 443. The van der Waals surface area contributed by atoms with Crippen molar-refractivity contribution in [2.24, 2.45) is 10.9 Å². The van der Waals surface area contributed by atoms with Gasteiger partial charge >= 0.3 is 0 Å². The summed E-state index contributed by atoms with van der Waals surface area (Å²) >= 11 is 0. The van der Waals surface area contributed by atoms with E-state index in [-0.39, 0.29) is 5.84 Å². The summed E-state index contributed by atoms with van der Waals surface area (Å²) in [5.74, 6) is 0.148. The molecular formula is C14H22N4O. The molecule has 0 aromatic heterocycles. The zero-order chi connectivity index (χ0) is 13.8. The molecule has 104 valence electrons. The first kappa shape index (κ1) is 13.7. The second kappa shape index (κ2) is 5.93. The monoisotopic (exact) mass is 262 g/mol. The summed E-state index contributed by atoms with van der Waals surface area (Å²) in [5.41, 5.74) is 7.51. The van der Waals surface area contributed by atoms with Crippen LogP contribution in [-0.2, 0) is 0 Å². The molecular weight excluding hydrogens is 240 g/mol. The van der Waals surface area contributed by atoms with E-state index in [0.29, 0.717) is 6.04 Å². The van der Waals surface area contributed by atoms with Gasteiger partial charge in [-0.15, -0.1) is 0 Å². The Labute approximate surface area is 114 Å². The minimum Gasteiger partial charge on any atom is -0.409 e. The van der Waals surface area contributed by atoms with Gasteiger partial charge in [0.2, 0.25) is 0 Å². The van der Waals surface area contributed by atoms with Crippen molar-refractivity contribution in [2.75, 3.05) is 31.6 Å². The summed E-state index contributed by atoms with van der Waals surface area (Å²) in [7, 11) is 2.17. The lowest BCUT2D eigenvalue weighted by Gasteiger charge is -2.30. The van der Waals surface area contributed by atoms with E-state index in [9.17, 15) is 0 Å². The highest BCUT2D eigenvalue weighted by atomic mass is 16.4. The van der Waals surface area contributed by atoms with E-state index in [1.807, 2.05) is 24.3 Å². The molecule has 1 aromatic carbocycles. The topological polar surface area (TPSA) is 65.1 Å². The van der Waals surface area contributed by atoms with Crippen LogP contribution in [0.1, 0.15) is 18.9 Å². The van der Waals surface area contributed by atoms with E-state index in [2.05, 4.69) is 28.9 Å². The zero-order valence-electron chi connectivity index (χ0n) is 11.6. The standard InChI is InChI=1S/C14H22N4O/c1-11-10-17(2)8-3-9-18(11)13-6-4-12(5-7-13)14(15)16-19/h4-7,11,19H,3,8-10H2,1-2H3,(H2,15,16). The predicted molar refractivity (Wildman–Crippen MR) is 77.9 cm³/mol. The Morgan fingerprint density at radius 2 is 2.00 bits per heavy atom. The third-order valence-electron chi connectivity index (χ3n) is 3.65. The molecule has 1 atom stereocenters. The van der Waals surface area contributed by atoms with E-state index >= 15 is 0 Å². The summed E-state index contributed by atoms with van der Waals surface area (Å²) in [6.45, 7) is 5.53. The fourth-order valence-corrected chi connectivity index (χ4v) is 2.64. The Morgan fingerprint density at radius 3 is 2.63 bits per heavy atom. The molecule has 19 heavy (non-hydrogen) atoms. The number of nitrogens with two attached hydrogens (primary N) is 1. The van der Waals surface area contributed by atoms with E-state index < -0.39 is 0 Å². The zero-order valence-corrected chi connectivity index (χ0v) is 11.6. The van der Waals surface area contributed by atoms with E-state index in [4.69, 9.17) is 10.9 Å². The third kappa shape index (κ3) is 3.17. The smallest absolute Gasteiger partial charge is 0.170 e. The van der Waals surface area contributed by atoms with Crippen molar-refractivity contribution in [3.05, 3.63) is 29.8 Å². The van der Waals surface area contributed by atoms with Gasteiger partial charge in [-0.1, -0.05) is 5.16 Å². The van der Waals surface area contributed by atoms with Crippen LogP contribution >= 0.6 is 0 Å². The molecule has 0 aliphatic carbocycles. The average Bonchev–Trinajstić information content (AvgIpc) is 2.58. The summed E-state index contributed by atoms with van der Waals surface area (Å²) in [6, 6.07) is 8.35. The molecule has 1 saturated heterocycles. The fourth-order valence-electron chi connectivity index (χ4n) is 2.64. The van der Waals surface area contributed by atoms with Crippen LogP contribution in [0.4, 0.5) is 5.69 Å². The van der Waals surface area contributed by atoms with Crippen LogP contribution in [0.15, 0.2) is 29.4 Å². The van der Waals surface area contributed by atoms with Crippen molar-refractivity contribution in [3.63, 3.8) is 0 Å². The van der Waals surface area contributed by atoms with Crippen molar-refractivity contribution >= 4 is 11.5 Å². The van der Waals surface area contributed by atoms with E-state index in [1.165, 1.54) is 12.1 Å². The third-order valence-corrected chi connectivity index (χ3v) is 3.65. The molecule has 0 saturated carbocycles.